The van der Waals surface area contributed by atoms with Crippen LogP contribution in [0, 0.1) is 0 Å². The van der Waals surface area contributed by atoms with E-state index in [9.17, 15) is 4.79 Å². The maximum Gasteiger partial charge on any atom is 0.409 e. The number of hydrogen-bond donors (Lipinski definition) is 1. The molecular weight excluding hydrogens is 326 g/mol. The van der Waals surface area contributed by atoms with E-state index < -0.39 is 9.89 Å². The summed E-state index contributed by atoms with van der Waals surface area (Å²) in [6.45, 7) is 3.02. The SMILES string of the molecule is Cl.O=C(OCC(Cl)(Cl)Cl)N1CCN(CCO)CC1. The average molecular weight is 342 g/mol. The number of piperazine rings is 1. The fourth-order valence-electron chi connectivity index (χ4n) is 1.53. The summed E-state index contributed by atoms with van der Waals surface area (Å²) >= 11 is 16.4. The van der Waals surface area contributed by atoms with Crippen molar-refractivity contribution in [3.8, 4) is 0 Å². The van der Waals surface area contributed by atoms with Crippen LogP contribution in [-0.4, -0.2) is 70.7 Å². The number of aliphatic hydroxyl groups is 1. The Kier molecular flexibility index (Phi) is 8.67. The molecule has 9 heteroatoms. The van der Waals surface area contributed by atoms with Gasteiger partial charge in [-0.2, -0.15) is 0 Å². The van der Waals surface area contributed by atoms with E-state index in [1.807, 2.05) is 0 Å². The minimum Gasteiger partial charge on any atom is -0.445 e. The van der Waals surface area contributed by atoms with Crippen LogP contribution in [0.15, 0.2) is 0 Å². The number of β-amino-alcohol motifs (C(OH)–C–C–N with tert-alkyl or cyclic N) is 1. The number of nitrogens with zero attached hydrogens (tertiary/aromatic N) is 2. The molecule has 1 rings (SSSR count). The van der Waals surface area contributed by atoms with Crippen LogP contribution in [0.2, 0.25) is 0 Å². The second-order valence-corrected chi connectivity index (χ2v) is 6.24. The summed E-state index contributed by atoms with van der Waals surface area (Å²) in [6.07, 6.45) is -0.472. The van der Waals surface area contributed by atoms with Crippen molar-refractivity contribution in [1.82, 2.24) is 9.80 Å². The van der Waals surface area contributed by atoms with Crippen LogP contribution in [0.4, 0.5) is 4.79 Å². The molecular formula is C9H16Cl4N2O3. The molecule has 0 aromatic heterocycles. The largest absolute Gasteiger partial charge is 0.445 e. The van der Waals surface area contributed by atoms with Crippen molar-refractivity contribution < 1.29 is 14.6 Å². The minimum atomic E-state index is -1.58. The molecule has 1 amide bonds. The molecule has 0 aliphatic carbocycles. The summed E-state index contributed by atoms with van der Waals surface area (Å²) in [5.74, 6) is 0. The summed E-state index contributed by atoms with van der Waals surface area (Å²) in [5.41, 5.74) is 0. The fourth-order valence-corrected chi connectivity index (χ4v) is 1.69. The molecule has 0 aromatic rings. The number of carbonyl (C=O) groups excluding carboxylic acids is 1. The average Bonchev–Trinajstić information content (AvgIpc) is 2.26. The third-order valence-electron chi connectivity index (χ3n) is 2.41. The molecule has 108 valence electrons. The molecule has 1 saturated heterocycles. The highest BCUT2D eigenvalue weighted by Crippen LogP contribution is 2.26. The van der Waals surface area contributed by atoms with Crippen LogP contribution in [0.5, 0.6) is 0 Å². The predicted octanol–water partition coefficient (Wildman–Crippen LogP) is 1.52. The quantitative estimate of drug-likeness (QED) is 0.791. The van der Waals surface area contributed by atoms with Gasteiger partial charge in [-0.25, -0.2) is 4.79 Å². The third kappa shape index (κ3) is 7.07. The first-order valence-corrected chi connectivity index (χ1v) is 6.37. The van der Waals surface area contributed by atoms with E-state index >= 15 is 0 Å². The summed E-state index contributed by atoms with van der Waals surface area (Å²) in [7, 11) is 0. The van der Waals surface area contributed by atoms with E-state index in [0.717, 1.165) is 0 Å². The van der Waals surface area contributed by atoms with Gasteiger partial charge in [0.25, 0.3) is 0 Å². The first-order chi connectivity index (χ1) is 7.92. The van der Waals surface area contributed by atoms with Gasteiger partial charge in [-0.05, 0) is 0 Å². The number of carbonyl (C=O) groups is 1. The Morgan fingerprint density at radius 3 is 2.22 bits per heavy atom. The lowest BCUT2D eigenvalue weighted by Gasteiger charge is -2.33. The van der Waals surface area contributed by atoms with Crippen molar-refractivity contribution in [3.05, 3.63) is 0 Å². The number of ether oxygens (including phenoxy) is 1. The smallest absolute Gasteiger partial charge is 0.409 e. The van der Waals surface area contributed by atoms with Gasteiger partial charge in [0.2, 0.25) is 3.79 Å². The first-order valence-electron chi connectivity index (χ1n) is 5.24. The first kappa shape index (κ1) is 18.4. The number of halogens is 4. The van der Waals surface area contributed by atoms with Crippen molar-refractivity contribution in [2.75, 3.05) is 45.9 Å². The van der Waals surface area contributed by atoms with Gasteiger partial charge < -0.3 is 14.7 Å². The summed E-state index contributed by atoms with van der Waals surface area (Å²) in [6, 6.07) is 0. The van der Waals surface area contributed by atoms with E-state index in [4.69, 9.17) is 44.6 Å². The maximum absolute atomic E-state index is 11.6. The zero-order valence-corrected chi connectivity index (χ0v) is 12.7. The number of rotatable bonds is 3. The standard InChI is InChI=1S/C9H15Cl3N2O3.ClH/c10-9(11,12)7-17-8(16)14-3-1-13(2-4-14)5-6-15;/h15H,1-7H2;1H. The van der Waals surface area contributed by atoms with Gasteiger partial charge in [0.05, 0.1) is 6.61 Å². The van der Waals surface area contributed by atoms with Gasteiger partial charge in [-0.1, -0.05) is 34.8 Å². The minimum absolute atomic E-state index is 0. The molecule has 1 fully saturated rings. The number of amides is 1. The Morgan fingerprint density at radius 1 is 1.22 bits per heavy atom. The molecule has 0 spiro atoms. The normalized spacial score (nSPS) is 17.2. The molecule has 0 bridgehead atoms. The van der Waals surface area contributed by atoms with Crippen LogP contribution < -0.4 is 0 Å². The zero-order valence-electron chi connectivity index (χ0n) is 9.65. The molecule has 0 aromatic carbocycles. The summed E-state index contributed by atoms with van der Waals surface area (Å²) in [5, 5.41) is 8.78. The van der Waals surface area contributed by atoms with Crippen molar-refractivity contribution in [2.45, 2.75) is 3.79 Å². The lowest BCUT2D eigenvalue weighted by Crippen LogP contribution is -2.49. The summed E-state index contributed by atoms with van der Waals surface area (Å²) < 4.78 is 3.29. The molecule has 1 aliphatic rings. The fraction of sp³-hybridized carbons (Fsp3) is 0.889. The predicted molar refractivity (Wildman–Crippen MR) is 74.0 cm³/mol. The Morgan fingerprint density at radius 2 is 1.78 bits per heavy atom. The third-order valence-corrected chi connectivity index (χ3v) is 2.73. The van der Waals surface area contributed by atoms with Crippen molar-refractivity contribution in [1.29, 1.82) is 0 Å². The second kappa shape index (κ2) is 8.51. The zero-order chi connectivity index (χ0) is 12.9. The molecule has 1 N–H and O–H groups in total. The van der Waals surface area contributed by atoms with Gasteiger partial charge >= 0.3 is 6.09 Å². The Hall–Kier alpha value is 0.350. The monoisotopic (exact) mass is 340 g/mol. The van der Waals surface area contributed by atoms with Crippen molar-refractivity contribution in [2.24, 2.45) is 0 Å². The lowest BCUT2D eigenvalue weighted by molar-refractivity contribution is 0.0726. The van der Waals surface area contributed by atoms with Crippen LogP contribution in [0.3, 0.4) is 0 Å². The number of alkyl halides is 3. The molecule has 1 heterocycles. The van der Waals surface area contributed by atoms with E-state index in [2.05, 4.69) is 4.90 Å². The van der Waals surface area contributed by atoms with Gasteiger partial charge in [0.15, 0.2) is 0 Å². The molecule has 1 aliphatic heterocycles. The molecule has 0 atom stereocenters. The molecule has 0 unspecified atom stereocenters. The van der Waals surface area contributed by atoms with Crippen molar-refractivity contribution in [3.63, 3.8) is 0 Å². The van der Waals surface area contributed by atoms with Gasteiger partial charge in [-0.3, -0.25) is 4.90 Å². The highest BCUT2D eigenvalue weighted by Gasteiger charge is 2.26. The molecule has 0 radical (unpaired) electrons. The van der Waals surface area contributed by atoms with E-state index in [1.165, 1.54) is 0 Å². The van der Waals surface area contributed by atoms with Crippen LogP contribution in [0.1, 0.15) is 0 Å². The highest BCUT2D eigenvalue weighted by molar-refractivity contribution is 6.67. The van der Waals surface area contributed by atoms with E-state index in [1.54, 1.807) is 4.90 Å². The lowest BCUT2D eigenvalue weighted by atomic mass is 10.3. The highest BCUT2D eigenvalue weighted by atomic mass is 35.6. The summed E-state index contributed by atoms with van der Waals surface area (Å²) in [4.78, 5) is 15.2. The Balaban J connectivity index is 0.00000289. The van der Waals surface area contributed by atoms with Crippen LogP contribution in [0.25, 0.3) is 0 Å². The molecule has 5 nitrogen and oxygen atoms in total. The van der Waals surface area contributed by atoms with E-state index in [0.29, 0.717) is 32.7 Å². The van der Waals surface area contributed by atoms with Crippen LogP contribution >= 0.6 is 47.2 Å². The number of aliphatic hydroxyl groups excluding tert-OH is 1. The molecule has 18 heavy (non-hydrogen) atoms. The second-order valence-electron chi connectivity index (χ2n) is 3.72. The topological polar surface area (TPSA) is 53.0 Å². The van der Waals surface area contributed by atoms with Gasteiger partial charge in [0.1, 0.15) is 6.61 Å². The van der Waals surface area contributed by atoms with E-state index in [-0.39, 0.29) is 25.6 Å². The Bertz CT molecular complexity index is 255. The maximum atomic E-state index is 11.6. The molecule has 0 saturated carbocycles. The van der Waals surface area contributed by atoms with Crippen molar-refractivity contribution >= 4 is 53.3 Å². The van der Waals surface area contributed by atoms with Gasteiger partial charge in [0, 0.05) is 32.7 Å². The number of hydrogen-bond acceptors (Lipinski definition) is 4. The Labute approximate surface area is 127 Å². The van der Waals surface area contributed by atoms with Crippen LogP contribution in [-0.2, 0) is 4.74 Å². The van der Waals surface area contributed by atoms with Gasteiger partial charge in [-0.15, -0.1) is 12.4 Å².